The van der Waals surface area contributed by atoms with Crippen LogP contribution in [0.1, 0.15) is 48.1 Å². The Kier molecular flexibility index (Phi) is 6.11. The average molecular weight is 447 g/mol. The van der Waals surface area contributed by atoms with Gasteiger partial charge in [0.2, 0.25) is 5.91 Å². The van der Waals surface area contributed by atoms with E-state index >= 15 is 0 Å². The quantitative estimate of drug-likeness (QED) is 0.754. The smallest absolute Gasteiger partial charge is 0.256 e. The summed E-state index contributed by atoms with van der Waals surface area (Å²) in [5.41, 5.74) is 3.64. The molecule has 1 saturated carbocycles. The first-order chi connectivity index (χ1) is 16.0. The molecule has 33 heavy (non-hydrogen) atoms. The predicted octanol–water partition coefficient (Wildman–Crippen LogP) is 4.01. The number of benzene rings is 2. The summed E-state index contributed by atoms with van der Waals surface area (Å²) in [6, 6.07) is 16.2. The highest BCUT2D eigenvalue weighted by Crippen LogP contribution is 2.35. The molecule has 3 aliphatic rings. The second-order valence-electron chi connectivity index (χ2n) is 10.0. The Morgan fingerprint density at radius 2 is 1.73 bits per heavy atom. The molecule has 6 heteroatoms. The van der Waals surface area contributed by atoms with E-state index in [1.807, 2.05) is 41.3 Å². The molecular weight excluding hydrogens is 412 g/mol. The summed E-state index contributed by atoms with van der Waals surface area (Å²) in [7, 11) is 2.12. The first-order valence-corrected chi connectivity index (χ1v) is 12.2. The lowest BCUT2D eigenvalue weighted by Gasteiger charge is -2.41. The predicted molar refractivity (Wildman–Crippen MR) is 132 cm³/mol. The lowest BCUT2D eigenvalue weighted by Crippen LogP contribution is -2.49. The molecule has 1 aliphatic carbocycles. The van der Waals surface area contributed by atoms with Crippen LogP contribution in [0.5, 0.6) is 0 Å². The Bertz CT molecular complexity index is 1020. The van der Waals surface area contributed by atoms with E-state index in [1.165, 1.54) is 5.56 Å². The van der Waals surface area contributed by atoms with Crippen molar-refractivity contribution in [1.29, 1.82) is 0 Å². The van der Waals surface area contributed by atoms with Crippen molar-refractivity contribution in [2.24, 2.45) is 11.8 Å². The van der Waals surface area contributed by atoms with Crippen LogP contribution in [0.15, 0.2) is 48.5 Å². The average Bonchev–Trinajstić information content (AvgIpc) is 3.60. The molecule has 0 aromatic heterocycles. The summed E-state index contributed by atoms with van der Waals surface area (Å²) < 4.78 is 0. The van der Waals surface area contributed by atoms with Gasteiger partial charge in [0, 0.05) is 44.3 Å². The van der Waals surface area contributed by atoms with E-state index in [0.29, 0.717) is 12.5 Å². The maximum Gasteiger partial charge on any atom is 0.256 e. The molecule has 2 unspecified atom stereocenters. The zero-order valence-electron chi connectivity index (χ0n) is 19.7. The minimum absolute atomic E-state index is 0.0250. The Morgan fingerprint density at radius 3 is 2.42 bits per heavy atom. The van der Waals surface area contributed by atoms with Gasteiger partial charge < -0.3 is 20.0 Å². The van der Waals surface area contributed by atoms with Gasteiger partial charge in [-0.1, -0.05) is 37.3 Å². The number of carbonyl (C=O) groups is 2. The third kappa shape index (κ3) is 4.76. The van der Waals surface area contributed by atoms with Crippen LogP contribution >= 0.6 is 0 Å². The van der Waals surface area contributed by atoms with Gasteiger partial charge in [-0.2, -0.15) is 0 Å². The molecule has 174 valence electrons. The van der Waals surface area contributed by atoms with Crippen LogP contribution in [-0.2, 0) is 4.79 Å². The van der Waals surface area contributed by atoms with E-state index < -0.39 is 0 Å². The number of rotatable bonds is 5. The van der Waals surface area contributed by atoms with E-state index in [1.54, 1.807) is 0 Å². The van der Waals surface area contributed by atoms with Crippen LogP contribution in [0.2, 0.25) is 0 Å². The second kappa shape index (κ2) is 9.18. The standard InChI is InChI=1S/C27H34N4O2/c1-19-12-13-30(17-19)24-16-22(28-26(32)21-8-9-21)10-11-23(24)27(33)31-15-14-29(2)18-25(31)20-6-4-3-5-7-20/h3-7,10-11,16,19,21,25H,8-9,12-15,17-18H2,1-2H3,(H,28,32). The van der Waals surface area contributed by atoms with Crippen LogP contribution in [0, 0.1) is 11.8 Å². The summed E-state index contributed by atoms with van der Waals surface area (Å²) in [4.78, 5) is 33.0. The van der Waals surface area contributed by atoms with E-state index in [9.17, 15) is 9.59 Å². The SMILES string of the molecule is CC1CCN(c2cc(NC(=O)C3CC3)ccc2C(=O)N2CCN(C)CC2c2ccccc2)C1. The minimum Gasteiger partial charge on any atom is -0.371 e. The van der Waals surface area contributed by atoms with Gasteiger partial charge in [-0.15, -0.1) is 0 Å². The van der Waals surface area contributed by atoms with Gasteiger partial charge in [-0.25, -0.2) is 0 Å². The van der Waals surface area contributed by atoms with E-state index in [-0.39, 0.29) is 23.8 Å². The fourth-order valence-electron chi connectivity index (χ4n) is 5.07. The fraction of sp³-hybridized carbons (Fsp3) is 0.481. The molecule has 2 heterocycles. The number of nitrogens with one attached hydrogen (secondary N) is 1. The first kappa shape index (κ1) is 22.0. The highest BCUT2D eigenvalue weighted by Gasteiger charge is 2.34. The topological polar surface area (TPSA) is 55.9 Å². The molecule has 3 fully saturated rings. The normalized spacial score (nSPS) is 23.6. The van der Waals surface area contributed by atoms with Crippen molar-refractivity contribution >= 4 is 23.2 Å². The monoisotopic (exact) mass is 446 g/mol. The lowest BCUT2D eigenvalue weighted by atomic mass is 10.0. The highest BCUT2D eigenvalue weighted by atomic mass is 16.2. The molecule has 2 aromatic rings. The fourth-order valence-corrected chi connectivity index (χ4v) is 5.07. The van der Waals surface area contributed by atoms with Crippen molar-refractivity contribution < 1.29 is 9.59 Å². The number of carbonyl (C=O) groups excluding carboxylic acids is 2. The highest BCUT2D eigenvalue weighted by molar-refractivity contribution is 6.02. The van der Waals surface area contributed by atoms with Crippen molar-refractivity contribution in [3.05, 3.63) is 59.7 Å². The van der Waals surface area contributed by atoms with Crippen molar-refractivity contribution in [1.82, 2.24) is 9.80 Å². The molecule has 2 aliphatic heterocycles. The summed E-state index contributed by atoms with van der Waals surface area (Å²) >= 11 is 0. The van der Waals surface area contributed by atoms with Crippen LogP contribution < -0.4 is 10.2 Å². The molecule has 1 N–H and O–H groups in total. The first-order valence-electron chi connectivity index (χ1n) is 12.2. The Morgan fingerprint density at radius 1 is 0.939 bits per heavy atom. The van der Waals surface area contributed by atoms with Gasteiger partial charge in [0.05, 0.1) is 17.3 Å². The van der Waals surface area contributed by atoms with Gasteiger partial charge in [0.25, 0.3) is 5.91 Å². The molecule has 0 spiro atoms. The number of piperazine rings is 1. The van der Waals surface area contributed by atoms with Gasteiger partial charge in [0.1, 0.15) is 0 Å². The summed E-state index contributed by atoms with van der Waals surface area (Å²) in [5.74, 6) is 0.918. The molecule has 0 radical (unpaired) electrons. The number of hydrogen-bond donors (Lipinski definition) is 1. The molecule has 5 rings (SSSR count). The van der Waals surface area contributed by atoms with Gasteiger partial charge in [-0.05, 0) is 56.0 Å². The summed E-state index contributed by atoms with van der Waals surface area (Å²) in [6.07, 6.45) is 3.07. The van der Waals surface area contributed by atoms with E-state index in [2.05, 4.69) is 41.2 Å². The van der Waals surface area contributed by atoms with Gasteiger partial charge in [0.15, 0.2) is 0 Å². The molecule has 2 amide bonds. The maximum atomic E-state index is 14.0. The zero-order valence-corrected chi connectivity index (χ0v) is 19.7. The third-order valence-electron chi connectivity index (χ3n) is 7.24. The van der Waals surface area contributed by atoms with Crippen LogP contribution in [0.25, 0.3) is 0 Å². The Balaban J connectivity index is 1.47. The van der Waals surface area contributed by atoms with Crippen molar-refractivity contribution in [2.45, 2.75) is 32.2 Å². The van der Waals surface area contributed by atoms with Crippen LogP contribution in [-0.4, -0.2) is 61.4 Å². The number of anilines is 2. The molecule has 2 saturated heterocycles. The Hall–Kier alpha value is -2.86. The van der Waals surface area contributed by atoms with Crippen LogP contribution in [0.3, 0.4) is 0 Å². The lowest BCUT2D eigenvalue weighted by molar-refractivity contribution is -0.117. The van der Waals surface area contributed by atoms with Crippen molar-refractivity contribution in [3.8, 4) is 0 Å². The number of nitrogens with zero attached hydrogens (tertiary/aromatic N) is 3. The van der Waals surface area contributed by atoms with Gasteiger partial charge >= 0.3 is 0 Å². The van der Waals surface area contributed by atoms with Crippen molar-refractivity contribution in [2.75, 3.05) is 50.0 Å². The molecule has 6 nitrogen and oxygen atoms in total. The third-order valence-corrected chi connectivity index (χ3v) is 7.24. The van der Waals surface area contributed by atoms with E-state index in [4.69, 9.17) is 0 Å². The maximum absolute atomic E-state index is 14.0. The number of amides is 2. The van der Waals surface area contributed by atoms with E-state index in [0.717, 1.165) is 62.4 Å². The summed E-state index contributed by atoms with van der Waals surface area (Å²) in [6.45, 7) is 6.51. The van der Waals surface area contributed by atoms with Crippen LogP contribution in [0.4, 0.5) is 11.4 Å². The molecule has 0 bridgehead atoms. The summed E-state index contributed by atoms with van der Waals surface area (Å²) in [5, 5.41) is 3.07. The molecular formula is C27H34N4O2. The largest absolute Gasteiger partial charge is 0.371 e. The minimum atomic E-state index is 0.0250. The Labute approximate surface area is 196 Å². The van der Waals surface area contributed by atoms with Gasteiger partial charge in [-0.3, -0.25) is 9.59 Å². The zero-order chi connectivity index (χ0) is 22.9. The molecule has 2 atom stereocenters. The second-order valence-corrected chi connectivity index (χ2v) is 10.0. The number of hydrogen-bond acceptors (Lipinski definition) is 4. The molecule has 2 aromatic carbocycles. The number of likely N-dealkylation sites (N-methyl/N-ethyl adjacent to an activating group) is 1. The van der Waals surface area contributed by atoms with Crippen molar-refractivity contribution in [3.63, 3.8) is 0 Å².